The number of nitrogens with zero attached hydrogens (tertiary/aromatic N) is 1. The van der Waals surface area contributed by atoms with Gasteiger partial charge in [0.1, 0.15) is 11.4 Å². The molecule has 0 radical (unpaired) electrons. The molecule has 1 aromatic carbocycles. The third-order valence-electron chi connectivity index (χ3n) is 3.98. The van der Waals surface area contributed by atoms with Gasteiger partial charge in [-0.2, -0.15) is 0 Å². The molecule has 6 nitrogen and oxygen atoms in total. The summed E-state index contributed by atoms with van der Waals surface area (Å²) in [5.41, 5.74) is -0.265. The molecular formula is C14H14FN3O3. The number of nitrogens with one attached hydrogen (secondary N) is 2. The molecule has 1 unspecified atom stereocenters. The smallest absolute Gasteiger partial charge is 0.322 e. The van der Waals surface area contributed by atoms with Gasteiger partial charge in [0.15, 0.2) is 0 Å². The van der Waals surface area contributed by atoms with Crippen LogP contribution in [0.5, 0.6) is 0 Å². The van der Waals surface area contributed by atoms with Crippen molar-refractivity contribution in [2.75, 3.05) is 13.1 Å². The molecule has 2 aliphatic heterocycles. The number of halogens is 1. The highest BCUT2D eigenvalue weighted by molar-refractivity contribution is 6.08. The number of hydrogen-bond acceptors (Lipinski definition) is 3. The van der Waals surface area contributed by atoms with Gasteiger partial charge in [-0.3, -0.25) is 14.9 Å². The summed E-state index contributed by atoms with van der Waals surface area (Å²) in [6.45, 7) is 2.07. The van der Waals surface area contributed by atoms with E-state index < -0.39 is 17.5 Å². The first-order valence-corrected chi connectivity index (χ1v) is 6.60. The second kappa shape index (κ2) is 4.54. The molecule has 1 aromatic rings. The topological polar surface area (TPSA) is 78.5 Å². The lowest BCUT2D eigenvalue weighted by Crippen LogP contribution is -2.49. The fraction of sp³-hybridized carbons (Fsp3) is 0.357. The van der Waals surface area contributed by atoms with Gasteiger partial charge in [0.2, 0.25) is 0 Å². The van der Waals surface area contributed by atoms with Crippen molar-refractivity contribution in [1.29, 1.82) is 0 Å². The summed E-state index contributed by atoms with van der Waals surface area (Å²) < 4.78 is 13.2. The molecule has 2 heterocycles. The average Bonchev–Trinajstić information content (AvgIpc) is 2.97. The number of rotatable bonds is 1. The normalized spacial score (nSPS) is 24.4. The highest BCUT2D eigenvalue weighted by Gasteiger charge is 2.51. The second-order valence-corrected chi connectivity index (χ2v) is 5.43. The van der Waals surface area contributed by atoms with Gasteiger partial charge in [-0.1, -0.05) is 0 Å². The zero-order valence-electron chi connectivity index (χ0n) is 11.4. The molecule has 21 heavy (non-hydrogen) atoms. The van der Waals surface area contributed by atoms with E-state index in [-0.39, 0.29) is 18.3 Å². The quantitative estimate of drug-likeness (QED) is 0.742. The molecule has 2 saturated heterocycles. The van der Waals surface area contributed by atoms with Crippen LogP contribution in [0.25, 0.3) is 0 Å². The maximum atomic E-state index is 13.2. The van der Waals surface area contributed by atoms with Crippen LogP contribution in [0, 0.1) is 12.7 Å². The zero-order valence-corrected chi connectivity index (χ0v) is 11.4. The number of amides is 4. The summed E-state index contributed by atoms with van der Waals surface area (Å²) in [5.74, 6) is -1.05. The Labute approximate surface area is 120 Å². The van der Waals surface area contributed by atoms with Crippen LogP contribution in [-0.2, 0) is 4.79 Å². The van der Waals surface area contributed by atoms with Crippen molar-refractivity contribution >= 4 is 17.8 Å². The molecule has 2 fully saturated rings. The standard InChI is InChI=1S/C14H14FN3O3/c1-8-6-9(2-3-10(8)15)11(19)18-5-4-14(7-18)12(20)16-13(21)17-14/h2-3,6H,4-5,7H2,1H3,(H2,16,17,20,21). The number of carbonyl (C=O) groups is 3. The van der Waals surface area contributed by atoms with Gasteiger partial charge in [0, 0.05) is 12.1 Å². The summed E-state index contributed by atoms with van der Waals surface area (Å²) in [4.78, 5) is 37.0. The van der Waals surface area contributed by atoms with Crippen molar-refractivity contribution < 1.29 is 18.8 Å². The predicted molar refractivity (Wildman–Crippen MR) is 71.1 cm³/mol. The Balaban J connectivity index is 1.80. The molecular weight excluding hydrogens is 277 g/mol. The van der Waals surface area contributed by atoms with Crippen molar-refractivity contribution in [3.63, 3.8) is 0 Å². The molecule has 4 amide bonds. The van der Waals surface area contributed by atoms with E-state index in [0.29, 0.717) is 24.1 Å². The fourth-order valence-electron chi connectivity index (χ4n) is 2.76. The summed E-state index contributed by atoms with van der Waals surface area (Å²) in [6, 6.07) is 3.61. The largest absolute Gasteiger partial charge is 0.336 e. The van der Waals surface area contributed by atoms with Gasteiger partial charge in [-0.25, -0.2) is 9.18 Å². The van der Waals surface area contributed by atoms with Crippen LogP contribution in [-0.4, -0.2) is 41.4 Å². The van der Waals surface area contributed by atoms with Crippen LogP contribution in [0.2, 0.25) is 0 Å². The number of carbonyl (C=O) groups excluding carboxylic acids is 3. The molecule has 1 spiro atoms. The minimum atomic E-state index is -1.03. The Kier molecular flexibility index (Phi) is 2.93. The maximum Gasteiger partial charge on any atom is 0.322 e. The lowest BCUT2D eigenvalue weighted by molar-refractivity contribution is -0.123. The number of likely N-dealkylation sites (tertiary alicyclic amines) is 1. The van der Waals surface area contributed by atoms with E-state index in [1.165, 1.54) is 23.1 Å². The lowest BCUT2D eigenvalue weighted by Gasteiger charge is -2.21. The first-order valence-electron chi connectivity index (χ1n) is 6.60. The molecule has 0 saturated carbocycles. The van der Waals surface area contributed by atoms with Crippen LogP contribution in [0.4, 0.5) is 9.18 Å². The highest BCUT2D eigenvalue weighted by Crippen LogP contribution is 2.26. The molecule has 0 aliphatic carbocycles. The van der Waals surface area contributed by atoms with Crippen LogP contribution in [0.15, 0.2) is 18.2 Å². The van der Waals surface area contributed by atoms with Gasteiger partial charge in [0.25, 0.3) is 11.8 Å². The van der Waals surface area contributed by atoms with Gasteiger partial charge < -0.3 is 10.2 Å². The van der Waals surface area contributed by atoms with Gasteiger partial charge >= 0.3 is 6.03 Å². The van der Waals surface area contributed by atoms with E-state index >= 15 is 0 Å². The summed E-state index contributed by atoms with van der Waals surface area (Å²) in [6.07, 6.45) is 0.372. The minimum Gasteiger partial charge on any atom is -0.336 e. The number of imide groups is 1. The Morgan fingerprint density at radius 1 is 1.38 bits per heavy atom. The van der Waals surface area contributed by atoms with Crippen molar-refractivity contribution in [2.45, 2.75) is 18.9 Å². The molecule has 0 bridgehead atoms. The number of aryl methyl sites for hydroxylation is 1. The minimum absolute atomic E-state index is 0.125. The van der Waals surface area contributed by atoms with Gasteiger partial charge in [0.05, 0.1) is 6.54 Å². The number of benzene rings is 1. The monoisotopic (exact) mass is 291 g/mol. The molecule has 2 N–H and O–H groups in total. The van der Waals surface area contributed by atoms with Crippen molar-refractivity contribution in [3.05, 3.63) is 35.1 Å². The third kappa shape index (κ3) is 2.14. The summed E-state index contributed by atoms with van der Waals surface area (Å²) in [7, 11) is 0. The van der Waals surface area contributed by atoms with E-state index in [4.69, 9.17) is 0 Å². The van der Waals surface area contributed by atoms with Crippen LogP contribution < -0.4 is 10.6 Å². The lowest BCUT2D eigenvalue weighted by atomic mass is 9.99. The van der Waals surface area contributed by atoms with Crippen molar-refractivity contribution in [2.24, 2.45) is 0 Å². The van der Waals surface area contributed by atoms with E-state index in [0.717, 1.165) is 0 Å². The summed E-state index contributed by atoms with van der Waals surface area (Å²) >= 11 is 0. The van der Waals surface area contributed by atoms with E-state index in [9.17, 15) is 18.8 Å². The Morgan fingerprint density at radius 3 is 2.76 bits per heavy atom. The third-order valence-corrected chi connectivity index (χ3v) is 3.98. The SMILES string of the molecule is Cc1cc(C(=O)N2CCC3(C2)NC(=O)NC3=O)ccc1F. The van der Waals surface area contributed by atoms with Crippen LogP contribution in [0.1, 0.15) is 22.3 Å². The van der Waals surface area contributed by atoms with Crippen LogP contribution in [0.3, 0.4) is 0 Å². The Morgan fingerprint density at radius 2 is 2.14 bits per heavy atom. The van der Waals surface area contributed by atoms with Crippen molar-refractivity contribution in [1.82, 2.24) is 15.5 Å². The zero-order chi connectivity index (χ0) is 15.2. The van der Waals surface area contributed by atoms with Crippen LogP contribution >= 0.6 is 0 Å². The maximum absolute atomic E-state index is 13.2. The molecule has 110 valence electrons. The van der Waals surface area contributed by atoms with Gasteiger partial charge in [-0.05, 0) is 37.1 Å². The first kappa shape index (κ1) is 13.5. The van der Waals surface area contributed by atoms with Crippen molar-refractivity contribution in [3.8, 4) is 0 Å². The number of hydrogen-bond donors (Lipinski definition) is 2. The Hall–Kier alpha value is -2.44. The molecule has 7 heteroatoms. The van der Waals surface area contributed by atoms with E-state index in [2.05, 4.69) is 10.6 Å². The predicted octanol–water partition coefficient (Wildman–Crippen LogP) is 0.558. The first-order chi connectivity index (χ1) is 9.91. The van der Waals surface area contributed by atoms with Gasteiger partial charge in [-0.15, -0.1) is 0 Å². The highest BCUT2D eigenvalue weighted by atomic mass is 19.1. The fourth-order valence-corrected chi connectivity index (χ4v) is 2.76. The molecule has 1 atom stereocenters. The Bertz CT molecular complexity index is 661. The molecule has 3 rings (SSSR count). The molecule has 0 aromatic heterocycles. The molecule has 2 aliphatic rings. The number of urea groups is 1. The van der Waals surface area contributed by atoms with E-state index in [1.807, 2.05) is 0 Å². The average molecular weight is 291 g/mol. The second-order valence-electron chi connectivity index (χ2n) is 5.43. The van der Waals surface area contributed by atoms with E-state index in [1.54, 1.807) is 6.92 Å². The summed E-state index contributed by atoms with van der Waals surface area (Å²) in [5, 5.41) is 4.77.